The third-order valence-corrected chi connectivity index (χ3v) is 2.29. The summed E-state index contributed by atoms with van der Waals surface area (Å²) in [4.78, 5) is 0. The second-order valence-corrected chi connectivity index (χ2v) is 3.66. The summed E-state index contributed by atoms with van der Waals surface area (Å²) in [5.41, 5.74) is 2.98. The van der Waals surface area contributed by atoms with Crippen LogP contribution < -0.4 is 5.32 Å². The number of hydrogen-bond donors (Lipinski definition) is 1. The van der Waals surface area contributed by atoms with Gasteiger partial charge in [0.25, 0.3) is 0 Å². The Morgan fingerprint density at radius 2 is 1.93 bits per heavy atom. The van der Waals surface area contributed by atoms with Gasteiger partial charge in [0.15, 0.2) is 0 Å². The van der Waals surface area contributed by atoms with Crippen molar-refractivity contribution in [1.82, 2.24) is 5.32 Å². The smallest absolute Gasteiger partial charge is 0.0210 e. The standard InChI is InChI=1S/C10H13N.C3H6/c1-8-6-9-4-2-3-5-10(9)7-11-8;1-3-2/h2-5,8,11H,6-7H2,1H3;3H,1H2,2H3. The fourth-order valence-corrected chi connectivity index (χ4v) is 1.62. The summed E-state index contributed by atoms with van der Waals surface area (Å²) in [6.45, 7) is 8.52. The molecule has 0 aromatic heterocycles. The minimum absolute atomic E-state index is 0.643. The van der Waals surface area contributed by atoms with Crippen LogP contribution in [0, 0.1) is 0 Å². The van der Waals surface area contributed by atoms with Crippen molar-refractivity contribution >= 4 is 0 Å². The summed E-state index contributed by atoms with van der Waals surface area (Å²) in [6.07, 6.45) is 2.93. The monoisotopic (exact) mass is 189 g/mol. The zero-order valence-corrected chi connectivity index (χ0v) is 9.09. The Hall–Kier alpha value is -1.08. The molecule has 0 saturated carbocycles. The lowest BCUT2D eigenvalue weighted by molar-refractivity contribution is 0.513. The third-order valence-electron chi connectivity index (χ3n) is 2.29. The van der Waals surface area contributed by atoms with E-state index in [4.69, 9.17) is 0 Å². The molecule has 1 aliphatic heterocycles. The van der Waals surface area contributed by atoms with E-state index in [1.54, 1.807) is 6.08 Å². The maximum Gasteiger partial charge on any atom is 0.0210 e. The highest BCUT2D eigenvalue weighted by atomic mass is 14.9. The largest absolute Gasteiger partial charge is 0.310 e. The molecule has 0 bridgehead atoms. The average Bonchev–Trinajstić information content (AvgIpc) is 2.19. The lowest BCUT2D eigenvalue weighted by Crippen LogP contribution is -2.32. The first-order valence-electron chi connectivity index (χ1n) is 5.15. The highest BCUT2D eigenvalue weighted by molar-refractivity contribution is 5.29. The summed E-state index contributed by atoms with van der Waals surface area (Å²) in [6, 6.07) is 9.30. The molecule has 0 amide bonds. The van der Waals surface area contributed by atoms with Crippen molar-refractivity contribution in [3.05, 3.63) is 48.0 Å². The molecule has 0 aliphatic carbocycles. The van der Waals surface area contributed by atoms with Crippen LogP contribution in [0.4, 0.5) is 0 Å². The molecule has 0 radical (unpaired) electrons. The maximum atomic E-state index is 3.44. The molecule has 14 heavy (non-hydrogen) atoms. The molecule has 1 nitrogen and oxygen atoms in total. The van der Waals surface area contributed by atoms with E-state index in [9.17, 15) is 0 Å². The molecule has 0 fully saturated rings. The average molecular weight is 189 g/mol. The number of hydrogen-bond acceptors (Lipinski definition) is 1. The van der Waals surface area contributed by atoms with Crippen molar-refractivity contribution < 1.29 is 0 Å². The summed E-state index contributed by atoms with van der Waals surface area (Å²) >= 11 is 0. The Kier molecular flexibility index (Phi) is 4.41. The maximum absolute atomic E-state index is 3.44. The number of benzene rings is 1. The first-order valence-corrected chi connectivity index (χ1v) is 5.15. The van der Waals surface area contributed by atoms with Crippen molar-refractivity contribution in [1.29, 1.82) is 0 Å². The molecule has 1 aliphatic rings. The van der Waals surface area contributed by atoms with Gasteiger partial charge in [-0.25, -0.2) is 0 Å². The molecular formula is C13H19N. The Bertz CT molecular complexity index is 291. The predicted octanol–water partition coefficient (Wildman–Crippen LogP) is 2.91. The molecule has 1 N–H and O–H groups in total. The normalized spacial score (nSPS) is 18.9. The molecule has 2 rings (SSSR count). The van der Waals surface area contributed by atoms with Crippen molar-refractivity contribution in [3.8, 4) is 0 Å². The van der Waals surface area contributed by atoms with Crippen LogP contribution in [0.15, 0.2) is 36.9 Å². The molecular weight excluding hydrogens is 170 g/mol. The van der Waals surface area contributed by atoms with E-state index in [0.29, 0.717) is 6.04 Å². The minimum atomic E-state index is 0.643. The SMILES string of the molecule is C=CC.CC1Cc2ccccc2CN1. The van der Waals surface area contributed by atoms with Gasteiger partial charge in [-0.15, -0.1) is 6.58 Å². The van der Waals surface area contributed by atoms with Gasteiger partial charge in [-0.2, -0.15) is 0 Å². The second kappa shape index (κ2) is 5.61. The molecule has 0 saturated heterocycles. The zero-order chi connectivity index (χ0) is 10.4. The number of allylic oxidation sites excluding steroid dienone is 1. The van der Waals surface area contributed by atoms with Gasteiger partial charge in [0.05, 0.1) is 0 Å². The minimum Gasteiger partial charge on any atom is -0.310 e. The Balaban J connectivity index is 0.000000293. The Labute approximate surface area is 86.8 Å². The van der Waals surface area contributed by atoms with E-state index >= 15 is 0 Å². The van der Waals surface area contributed by atoms with Gasteiger partial charge in [-0.05, 0) is 31.4 Å². The molecule has 1 atom stereocenters. The molecule has 1 aromatic rings. The number of fused-ring (bicyclic) bond motifs is 1. The Morgan fingerprint density at radius 1 is 1.36 bits per heavy atom. The van der Waals surface area contributed by atoms with Crippen molar-refractivity contribution in [2.45, 2.75) is 32.9 Å². The highest BCUT2D eigenvalue weighted by Crippen LogP contribution is 2.15. The molecule has 1 heterocycles. The second-order valence-electron chi connectivity index (χ2n) is 3.66. The number of rotatable bonds is 0. The van der Waals surface area contributed by atoms with E-state index in [1.165, 1.54) is 17.5 Å². The van der Waals surface area contributed by atoms with Gasteiger partial charge in [-0.1, -0.05) is 30.3 Å². The van der Waals surface area contributed by atoms with Crippen LogP contribution >= 0.6 is 0 Å². The molecule has 76 valence electrons. The van der Waals surface area contributed by atoms with Crippen molar-refractivity contribution in [3.63, 3.8) is 0 Å². The van der Waals surface area contributed by atoms with E-state index in [1.807, 2.05) is 6.92 Å². The van der Waals surface area contributed by atoms with Gasteiger partial charge in [0.2, 0.25) is 0 Å². The van der Waals surface area contributed by atoms with E-state index in [0.717, 1.165) is 6.54 Å². The summed E-state index contributed by atoms with van der Waals surface area (Å²) in [5.74, 6) is 0. The van der Waals surface area contributed by atoms with Crippen LogP contribution in [0.2, 0.25) is 0 Å². The van der Waals surface area contributed by atoms with Crippen LogP contribution in [0.5, 0.6) is 0 Å². The van der Waals surface area contributed by atoms with Gasteiger partial charge in [0.1, 0.15) is 0 Å². The zero-order valence-electron chi connectivity index (χ0n) is 9.09. The lowest BCUT2D eigenvalue weighted by atomic mass is 9.97. The van der Waals surface area contributed by atoms with Gasteiger partial charge >= 0.3 is 0 Å². The van der Waals surface area contributed by atoms with Crippen LogP contribution in [-0.4, -0.2) is 6.04 Å². The first-order chi connectivity index (χ1) is 6.77. The predicted molar refractivity (Wildman–Crippen MR) is 62.3 cm³/mol. The molecule has 0 spiro atoms. The first kappa shape index (κ1) is 11.0. The van der Waals surface area contributed by atoms with E-state index < -0.39 is 0 Å². The van der Waals surface area contributed by atoms with Crippen molar-refractivity contribution in [2.75, 3.05) is 0 Å². The van der Waals surface area contributed by atoms with Crippen LogP contribution in [-0.2, 0) is 13.0 Å². The third kappa shape index (κ3) is 3.00. The quantitative estimate of drug-likeness (QED) is 0.619. The fourth-order valence-electron chi connectivity index (χ4n) is 1.62. The molecule has 1 heteroatoms. The van der Waals surface area contributed by atoms with Gasteiger partial charge in [0, 0.05) is 12.6 Å². The molecule has 1 aromatic carbocycles. The highest BCUT2D eigenvalue weighted by Gasteiger charge is 2.12. The number of nitrogens with one attached hydrogen (secondary N) is 1. The van der Waals surface area contributed by atoms with E-state index in [-0.39, 0.29) is 0 Å². The van der Waals surface area contributed by atoms with E-state index in [2.05, 4.69) is 43.1 Å². The van der Waals surface area contributed by atoms with Crippen LogP contribution in [0.25, 0.3) is 0 Å². The summed E-state index contributed by atoms with van der Waals surface area (Å²) in [7, 11) is 0. The topological polar surface area (TPSA) is 12.0 Å². The lowest BCUT2D eigenvalue weighted by Gasteiger charge is -2.22. The van der Waals surface area contributed by atoms with Gasteiger partial charge < -0.3 is 5.32 Å². The van der Waals surface area contributed by atoms with Crippen LogP contribution in [0.3, 0.4) is 0 Å². The Morgan fingerprint density at radius 3 is 2.57 bits per heavy atom. The van der Waals surface area contributed by atoms with Gasteiger partial charge in [-0.3, -0.25) is 0 Å². The summed E-state index contributed by atoms with van der Waals surface area (Å²) < 4.78 is 0. The van der Waals surface area contributed by atoms with Crippen LogP contribution in [0.1, 0.15) is 25.0 Å². The summed E-state index contributed by atoms with van der Waals surface area (Å²) in [5, 5.41) is 3.44. The molecule has 1 unspecified atom stereocenters. The fraction of sp³-hybridized carbons (Fsp3) is 0.385. The van der Waals surface area contributed by atoms with Crippen molar-refractivity contribution in [2.24, 2.45) is 0 Å².